The van der Waals surface area contributed by atoms with Crippen molar-refractivity contribution in [3.8, 4) is 0 Å². The summed E-state index contributed by atoms with van der Waals surface area (Å²) in [6.45, 7) is 0.600. The fourth-order valence-electron chi connectivity index (χ4n) is 1.82. The van der Waals surface area contributed by atoms with Crippen LogP contribution in [-0.2, 0) is 13.6 Å². The Hall–Kier alpha value is -1.88. The van der Waals surface area contributed by atoms with Gasteiger partial charge in [-0.2, -0.15) is 5.10 Å². The minimum Gasteiger partial charge on any atom is -0.330 e. The second kappa shape index (κ2) is 3.85. The van der Waals surface area contributed by atoms with Crippen molar-refractivity contribution in [3.05, 3.63) is 41.7 Å². The SMILES string of the molecule is Cn1c(Cn2cncn2)nc2cc(Cl)ccc21. The zero-order valence-electron chi connectivity index (χ0n) is 9.21. The van der Waals surface area contributed by atoms with E-state index in [1.807, 2.05) is 29.8 Å². The van der Waals surface area contributed by atoms with Gasteiger partial charge in [0.15, 0.2) is 0 Å². The first-order valence-electron chi connectivity index (χ1n) is 5.17. The summed E-state index contributed by atoms with van der Waals surface area (Å²) < 4.78 is 3.77. The molecule has 0 atom stereocenters. The zero-order valence-corrected chi connectivity index (χ0v) is 9.96. The van der Waals surface area contributed by atoms with Crippen LogP contribution in [0.2, 0.25) is 5.02 Å². The molecule has 0 aliphatic rings. The molecule has 17 heavy (non-hydrogen) atoms. The van der Waals surface area contributed by atoms with Gasteiger partial charge in [-0.05, 0) is 18.2 Å². The van der Waals surface area contributed by atoms with Crippen molar-refractivity contribution in [2.24, 2.45) is 7.05 Å². The summed E-state index contributed by atoms with van der Waals surface area (Å²) in [5.41, 5.74) is 1.96. The van der Waals surface area contributed by atoms with Gasteiger partial charge in [-0.15, -0.1) is 0 Å². The Balaban J connectivity index is 2.08. The van der Waals surface area contributed by atoms with Crippen LogP contribution < -0.4 is 0 Å². The molecule has 2 aromatic heterocycles. The summed E-state index contributed by atoms with van der Waals surface area (Å²) in [5, 5.41) is 4.76. The number of hydrogen-bond donors (Lipinski definition) is 0. The van der Waals surface area contributed by atoms with E-state index in [9.17, 15) is 0 Å². The van der Waals surface area contributed by atoms with Gasteiger partial charge >= 0.3 is 0 Å². The summed E-state index contributed by atoms with van der Waals surface area (Å²) in [5.74, 6) is 0.924. The molecule has 0 fully saturated rings. The highest BCUT2D eigenvalue weighted by Crippen LogP contribution is 2.19. The van der Waals surface area contributed by atoms with E-state index in [0.29, 0.717) is 11.6 Å². The lowest BCUT2D eigenvalue weighted by Gasteiger charge is -2.01. The molecule has 0 radical (unpaired) electrons. The van der Waals surface area contributed by atoms with E-state index in [-0.39, 0.29) is 0 Å². The molecular weight excluding hydrogens is 238 g/mol. The Kier molecular flexibility index (Phi) is 2.33. The van der Waals surface area contributed by atoms with Crippen molar-refractivity contribution in [2.45, 2.75) is 6.54 Å². The quantitative estimate of drug-likeness (QED) is 0.695. The second-order valence-corrected chi connectivity index (χ2v) is 4.25. The smallest absolute Gasteiger partial charge is 0.137 e. The van der Waals surface area contributed by atoms with E-state index in [1.165, 1.54) is 6.33 Å². The lowest BCUT2D eigenvalue weighted by Crippen LogP contribution is -2.06. The van der Waals surface area contributed by atoms with Gasteiger partial charge in [-0.1, -0.05) is 11.6 Å². The van der Waals surface area contributed by atoms with Crippen LogP contribution in [0.25, 0.3) is 11.0 Å². The molecule has 0 N–H and O–H groups in total. The van der Waals surface area contributed by atoms with Crippen LogP contribution in [0.5, 0.6) is 0 Å². The molecule has 6 heteroatoms. The fourth-order valence-corrected chi connectivity index (χ4v) is 1.99. The Morgan fingerprint density at radius 1 is 1.35 bits per heavy atom. The minimum atomic E-state index is 0.600. The molecule has 0 aliphatic carbocycles. The third kappa shape index (κ3) is 1.78. The van der Waals surface area contributed by atoms with Gasteiger partial charge in [0, 0.05) is 12.1 Å². The van der Waals surface area contributed by atoms with Crippen molar-refractivity contribution < 1.29 is 0 Å². The van der Waals surface area contributed by atoms with Crippen LogP contribution in [0, 0.1) is 0 Å². The van der Waals surface area contributed by atoms with Gasteiger partial charge in [0.05, 0.1) is 11.0 Å². The van der Waals surface area contributed by atoms with Crippen molar-refractivity contribution in [2.75, 3.05) is 0 Å². The topological polar surface area (TPSA) is 48.5 Å². The number of aryl methyl sites for hydroxylation is 1. The van der Waals surface area contributed by atoms with Gasteiger partial charge in [0.1, 0.15) is 25.0 Å². The third-order valence-corrected chi connectivity index (χ3v) is 2.94. The van der Waals surface area contributed by atoms with Crippen LogP contribution in [0.4, 0.5) is 0 Å². The largest absolute Gasteiger partial charge is 0.330 e. The van der Waals surface area contributed by atoms with Crippen molar-refractivity contribution >= 4 is 22.6 Å². The highest BCUT2D eigenvalue weighted by atomic mass is 35.5. The van der Waals surface area contributed by atoms with E-state index >= 15 is 0 Å². The third-order valence-electron chi connectivity index (χ3n) is 2.71. The highest BCUT2D eigenvalue weighted by Gasteiger charge is 2.08. The average molecular weight is 248 g/mol. The Morgan fingerprint density at radius 3 is 3.00 bits per heavy atom. The van der Waals surface area contributed by atoms with Crippen molar-refractivity contribution in [3.63, 3.8) is 0 Å². The maximum Gasteiger partial charge on any atom is 0.137 e. The first-order valence-corrected chi connectivity index (χ1v) is 5.55. The summed E-state index contributed by atoms with van der Waals surface area (Å²) in [4.78, 5) is 8.45. The average Bonchev–Trinajstić information content (AvgIpc) is 2.89. The lowest BCUT2D eigenvalue weighted by molar-refractivity contribution is 0.635. The van der Waals surface area contributed by atoms with Crippen LogP contribution >= 0.6 is 11.6 Å². The van der Waals surface area contributed by atoms with Crippen LogP contribution in [-0.4, -0.2) is 24.3 Å². The van der Waals surface area contributed by atoms with E-state index in [2.05, 4.69) is 15.1 Å². The number of rotatable bonds is 2. The maximum atomic E-state index is 5.95. The molecule has 86 valence electrons. The molecule has 0 amide bonds. The Labute approximate surface area is 103 Å². The molecule has 0 spiro atoms. The summed E-state index contributed by atoms with van der Waals surface area (Å²) in [7, 11) is 1.98. The maximum absolute atomic E-state index is 5.95. The van der Waals surface area contributed by atoms with Crippen LogP contribution in [0.1, 0.15) is 5.82 Å². The first kappa shape index (κ1) is 10.3. The van der Waals surface area contributed by atoms with Crippen molar-refractivity contribution in [1.29, 1.82) is 0 Å². The van der Waals surface area contributed by atoms with E-state index < -0.39 is 0 Å². The molecular formula is C11H10ClN5. The number of halogens is 1. The molecule has 0 saturated heterocycles. The molecule has 0 bridgehead atoms. The number of nitrogens with zero attached hydrogens (tertiary/aromatic N) is 5. The number of hydrogen-bond acceptors (Lipinski definition) is 3. The van der Waals surface area contributed by atoms with Gasteiger partial charge in [-0.25, -0.2) is 14.6 Å². The number of imidazole rings is 1. The Morgan fingerprint density at radius 2 is 2.24 bits per heavy atom. The predicted octanol–water partition coefficient (Wildman–Crippen LogP) is 1.87. The molecule has 3 aromatic rings. The number of aromatic nitrogens is 5. The first-order chi connectivity index (χ1) is 8.24. The normalized spacial score (nSPS) is 11.2. The van der Waals surface area contributed by atoms with Gasteiger partial charge < -0.3 is 4.57 Å². The molecule has 2 heterocycles. The highest BCUT2D eigenvalue weighted by molar-refractivity contribution is 6.31. The molecule has 3 rings (SSSR count). The summed E-state index contributed by atoms with van der Waals surface area (Å²) in [6, 6.07) is 5.70. The van der Waals surface area contributed by atoms with E-state index in [4.69, 9.17) is 11.6 Å². The molecule has 5 nitrogen and oxygen atoms in total. The monoisotopic (exact) mass is 247 g/mol. The van der Waals surface area contributed by atoms with Gasteiger partial charge in [0.2, 0.25) is 0 Å². The molecule has 0 saturated carbocycles. The minimum absolute atomic E-state index is 0.600. The number of benzene rings is 1. The number of fused-ring (bicyclic) bond motifs is 1. The van der Waals surface area contributed by atoms with Crippen LogP contribution in [0.3, 0.4) is 0 Å². The fraction of sp³-hybridized carbons (Fsp3) is 0.182. The summed E-state index contributed by atoms with van der Waals surface area (Å²) >= 11 is 5.95. The zero-order chi connectivity index (χ0) is 11.8. The molecule has 0 unspecified atom stereocenters. The lowest BCUT2D eigenvalue weighted by atomic mass is 10.3. The van der Waals surface area contributed by atoms with E-state index in [1.54, 1.807) is 11.0 Å². The van der Waals surface area contributed by atoms with Gasteiger partial charge in [-0.3, -0.25) is 0 Å². The Bertz CT molecular complexity index is 656. The standard InChI is InChI=1S/C11H10ClN5/c1-16-10-3-2-8(12)4-9(10)15-11(16)5-17-7-13-6-14-17/h2-4,6-7H,5H2,1H3. The predicted molar refractivity (Wildman–Crippen MR) is 64.8 cm³/mol. The van der Waals surface area contributed by atoms with Crippen LogP contribution in [0.15, 0.2) is 30.9 Å². The second-order valence-electron chi connectivity index (χ2n) is 3.81. The van der Waals surface area contributed by atoms with E-state index in [0.717, 1.165) is 16.9 Å². The molecule has 1 aromatic carbocycles. The van der Waals surface area contributed by atoms with Crippen molar-refractivity contribution in [1.82, 2.24) is 24.3 Å². The van der Waals surface area contributed by atoms with Gasteiger partial charge in [0.25, 0.3) is 0 Å². The summed E-state index contributed by atoms with van der Waals surface area (Å²) in [6.07, 6.45) is 3.19. The molecule has 0 aliphatic heterocycles.